The number of rotatable bonds is 5. The summed E-state index contributed by atoms with van der Waals surface area (Å²) in [7, 11) is 0. The Bertz CT molecular complexity index is 392. The van der Waals surface area contributed by atoms with Crippen LogP contribution in [0.1, 0.15) is 24.8 Å². The topological polar surface area (TPSA) is 18.5 Å². The molecule has 1 aromatic rings. The van der Waals surface area contributed by atoms with Crippen molar-refractivity contribution in [2.24, 2.45) is 0 Å². The molecule has 3 nitrogen and oxygen atoms in total. The Hall–Kier alpha value is -0.900. The largest absolute Gasteiger partial charge is 0.311 e. The molecule has 2 fully saturated rings. The van der Waals surface area contributed by atoms with E-state index in [2.05, 4.69) is 45.4 Å². The first kappa shape index (κ1) is 14.1. The molecule has 3 rings (SSSR count). The van der Waals surface area contributed by atoms with Crippen LogP contribution in [0.3, 0.4) is 0 Å². The quantitative estimate of drug-likeness (QED) is 0.827. The molecule has 1 atom stereocenters. The minimum atomic E-state index is 0.839. The van der Waals surface area contributed by atoms with Crippen LogP contribution in [0.5, 0.6) is 0 Å². The number of piperidine rings is 1. The van der Waals surface area contributed by atoms with Crippen LogP contribution in [0.25, 0.3) is 0 Å². The van der Waals surface area contributed by atoms with Gasteiger partial charge in [-0.05, 0) is 24.9 Å². The minimum Gasteiger partial charge on any atom is -0.311 e. The second kappa shape index (κ2) is 7.21. The van der Waals surface area contributed by atoms with Crippen molar-refractivity contribution >= 4 is 0 Å². The van der Waals surface area contributed by atoms with Gasteiger partial charge in [0, 0.05) is 45.3 Å². The summed E-state index contributed by atoms with van der Waals surface area (Å²) in [6.07, 6.45) is 4.25. The highest BCUT2D eigenvalue weighted by Gasteiger charge is 2.28. The Labute approximate surface area is 123 Å². The molecule has 0 amide bonds. The summed E-state index contributed by atoms with van der Waals surface area (Å²) in [5.74, 6) is 0. The number of nitrogens with one attached hydrogen (secondary N) is 1. The van der Waals surface area contributed by atoms with Crippen LogP contribution in [-0.2, 0) is 6.54 Å². The minimum absolute atomic E-state index is 0.839. The predicted octanol–water partition coefficient (Wildman–Crippen LogP) is 1.95. The molecule has 1 unspecified atom stereocenters. The molecule has 2 aliphatic rings. The van der Waals surface area contributed by atoms with Crippen molar-refractivity contribution in [1.29, 1.82) is 0 Å². The zero-order valence-electron chi connectivity index (χ0n) is 12.4. The third-order valence-electron chi connectivity index (χ3n) is 4.70. The van der Waals surface area contributed by atoms with E-state index >= 15 is 0 Å². The van der Waals surface area contributed by atoms with Gasteiger partial charge in [-0.2, -0.15) is 0 Å². The third-order valence-corrected chi connectivity index (χ3v) is 4.70. The maximum absolute atomic E-state index is 3.57. The maximum atomic E-state index is 3.57. The van der Waals surface area contributed by atoms with E-state index in [1.54, 1.807) is 0 Å². The molecule has 20 heavy (non-hydrogen) atoms. The van der Waals surface area contributed by atoms with Crippen molar-refractivity contribution in [3.8, 4) is 0 Å². The molecule has 3 heteroatoms. The standard InChI is InChI=1S/C17H27N3/c1-2-6-16(7-3-1)14-18-9-11-19-12-13-20-10-5-4-8-17(20)15-19/h1-3,6-7,17-18H,4-5,8-15H2. The fraction of sp³-hybridized carbons (Fsp3) is 0.647. The Morgan fingerprint density at radius 3 is 2.85 bits per heavy atom. The Balaban J connectivity index is 1.35. The van der Waals surface area contributed by atoms with Crippen LogP contribution in [0.4, 0.5) is 0 Å². The summed E-state index contributed by atoms with van der Waals surface area (Å²) in [4.78, 5) is 5.35. The molecule has 1 N–H and O–H groups in total. The van der Waals surface area contributed by atoms with E-state index in [-0.39, 0.29) is 0 Å². The van der Waals surface area contributed by atoms with Gasteiger partial charge >= 0.3 is 0 Å². The molecule has 0 aliphatic carbocycles. The van der Waals surface area contributed by atoms with E-state index in [0.29, 0.717) is 0 Å². The van der Waals surface area contributed by atoms with Gasteiger partial charge in [0.25, 0.3) is 0 Å². The van der Waals surface area contributed by atoms with Crippen molar-refractivity contribution in [2.75, 3.05) is 39.3 Å². The number of fused-ring (bicyclic) bond motifs is 1. The number of nitrogens with zero attached hydrogens (tertiary/aromatic N) is 2. The Morgan fingerprint density at radius 2 is 1.95 bits per heavy atom. The number of hydrogen-bond donors (Lipinski definition) is 1. The number of hydrogen-bond acceptors (Lipinski definition) is 3. The van der Waals surface area contributed by atoms with Gasteiger partial charge in [-0.25, -0.2) is 0 Å². The fourth-order valence-corrected chi connectivity index (χ4v) is 3.49. The van der Waals surface area contributed by atoms with Crippen molar-refractivity contribution in [3.05, 3.63) is 35.9 Å². The highest BCUT2D eigenvalue weighted by Crippen LogP contribution is 2.20. The Morgan fingerprint density at radius 1 is 1.05 bits per heavy atom. The fourth-order valence-electron chi connectivity index (χ4n) is 3.49. The first-order valence-electron chi connectivity index (χ1n) is 8.13. The van der Waals surface area contributed by atoms with Gasteiger partial charge < -0.3 is 5.32 Å². The van der Waals surface area contributed by atoms with E-state index in [0.717, 1.165) is 19.1 Å². The van der Waals surface area contributed by atoms with Gasteiger partial charge in [0.1, 0.15) is 0 Å². The highest BCUT2D eigenvalue weighted by atomic mass is 15.3. The van der Waals surface area contributed by atoms with E-state index in [9.17, 15) is 0 Å². The predicted molar refractivity (Wildman–Crippen MR) is 83.8 cm³/mol. The molecule has 0 bridgehead atoms. The number of piperazine rings is 1. The molecule has 2 saturated heterocycles. The van der Waals surface area contributed by atoms with Gasteiger partial charge in [-0.15, -0.1) is 0 Å². The van der Waals surface area contributed by atoms with Crippen LogP contribution in [-0.4, -0.2) is 55.1 Å². The summed E-state index contributed by atoms with van der Waals surface area (Å²) in [6, 6.07) is 11.5. The lowest BCUT2D eigenvalue weighted by Crippen LogP contribution is -2.55. The average molecular weight is 273 g/mol. The van der Waals surface area contributed by atoms with Crippen LogP contribution < -0.4 is 5.32 Å². The zero-order chi connectivity index (χ0) is 13.6. The molecular weight excluding hydrogens is 246 g/mol. The van der Waals surface area contributed by atoms with Crippen LogP contribution >= 0.6 is 0 Å². The summed E-state index contributed by atoms with van der Waals surface area (Å²) >= 11 is 0. The van der Waals surface area contributed by atoms with Crippen molar-refractivity contribution in [1.82, 2.24) is 15.1 Å². The number of benzene rings is 1. The third kappa shape index (κ3) is 3.81. The normalized spacial score (nSPS) is 24.5. The van der Waals surface area contributed by atoms with Gasteiger partial charge in [0.15, 0.2) is 0 Å². The van der Waals surface area contributed by atoms with E-state index in [4.69, 9.17) is 0 Å². The van der Waals surface area contributed by atoms with Crippen molar-refractivity contribution in [2.45, 2.75) is 31.8 Å². The van der Waals surface area contributed by atoms with Crippen molar-refractivity contribution in [3.63, 3.8) is 0 Å². The van der Waals surface area contributed by atoms with Gasteiger partial charge in [-0.3, -0.25) is 9.80 Å². The molecule has 2 aliphatic heterocycles. The zero-order valence-corrected chi connectivity index (χ0v) is 12.4. The lowest BCUT2D eigenvalue weighted by atomic mass is 9.99. The van der Waals surface area contributed by atoms with Crippen molar-refractivity contribution < 1.29 is 0 Å². The first-order valence-corrected chi connectivity index (χ1v) is 8.13. The monoisotopic (exact) mass is 273 g/mol. The summed E-state index contributed by atoms with van der Waals surface area (Å²) in [5, 5.41) is 3.57. The smallest absolute Gasteiger partial charge is 0.0223 e. The van der Waals surface area contributed by atoms with Gasteiger partial charge in [0.05, 0.1) is 0 Å². The second-order valence-electron chi connectivity index (χ2n) is 6.15. The molecule has 110 valence electrons. The Kier molecular flexibility index (Phi) is 5.06. The van der Waals surface area contributed by atoms with Gasteiger partial charge in [0.2, 0.25) is 0 Å². The van der Waals surface area contributed by atoms with E-state index < -0.39 is 0 Å². The molecule has 0 spiro atoms. The van der Waals surface area contributed by atoms with E-state index in [1.807, 2.05) is 0 Å². The molecule has 1 aromatic carbocycles. The van der Waals surface area contributed by atoms with Gasteiger partial charge in [-0.1, -0.05) is 36.8 Å². The maximum Gasteiger partial charge on any atom is 0.0223 e. The van der Waals surface area contributed by atoms with E-state index in [1.165, 1.54) is 57.5 Å². The molecular formula is C17H27N3. The van der Waals surface area contributed by atoms with Crippen LogP contribution in [0.15, 0.2) is 30.3 Å². The molecule has 0 radical (unpaired) electrons. The lowest BCUT2D eigenvalue weighted by molar-refractivity contribution is 0.0499. The van der Waals surface area contributed by atoms with Crippen LogP contribution in [0.2, 0.25) is 0 Å². The molecule has 2 heterocycles. The SMILES string of the molecule is c1ccc(CNCCN2CCN3CCCCC3C2)cc1. The molecule has 0 saturated carbocycles. The summed E-state index contributed by atoms with van der Waals surface area (Å²) < 4.78 is 0. The molecule has 0 aromatic heterocycles. The van der Waals surface area contributed by atoms with Crippen LogP contribution in [0, 0.1) is 0 Å². The average Bonchev–Trinajstić information content (AvgIpc) is 2.52. The second-order valence-corrected chi connectivity index (χ2v) is 6.15. The highest BCUT2D eigenvalue weighted by molar-refractivity contribution is 5.14. The lowest BCUT2D eigenvalue weighted by Gasteiger charge is -2.44. The summed E-state index contributed by atoms with van der Waals surface area (Å²) in [5.41, 5.74) is 1.38. The first-order chi connectivity index (χ1) is 9.92. The summed E-state index contributed by atoms with van der Waals surface area (Å²) in [6.45, 7) is 8.44.